The van der Waals surface area contributed by atoms with Crippen LogP contribution in [0, 0.1) is 13.8 Å². The van der Waals surface area contributed by atoms with E-state index in [4.69, 9.17) is 0 Å². The molecule has 32 heavy (non-hydrogen) atoms. The summed E-state index contributed by atoms with van der Waals surface area (Å²) in [4.78, 5) is 51.1. The molecule has 0 unspecified atom stereocenters. The molecule has 2 aromatic rings. The highest BCUT2D eigenvalue weighted by atomic mass is 32.2. The van der Waals surface area contributed by atoms with E-state index in [1.807, 2.05) is 4.57 Å². The molecule has 172 valence electrons. The monoisotopic (exact) mass is 462 g/mol. The summed E-state index contributed by atoms with van der Waals surface area (Å²) in [7, 11) is -3.12. The second kappa shape index (κ2) is 8.73. The number of carbonyl (C=O) groups excluding carboxylic acids is 1. The number of carbonyl (C=O) groups is 1. The molecule has 1 saturated heterocycles. The number of rotatable bonds is 8. The van der Waals surface area contributed by atoms with E-state index in [1.165, 1.54) is 12.2 Å². The maximum Gasteiger partial charge on any atom is 0.337 e. The Bertz CT molecular complexity index is 1340. The molecule has 2 aromatic heterocycles. The van der Waals surface area contributed by atoms with Crippen LogP contribution in [-0.4, -0.2) is 44.0 Å². The second-order valence-corrected chi connectivity index (χ2v) is 10.1. The third-order valence-corrected chi connectivity index (χ3v) is 7.42. The molecule has 10 nitrogen and oxygen atoms in total. The highest BCUT2D eigenvalue weighted by molar-refractivity contribution is 7.91. The second-order valence-electron chi connectivity index (χ2n) is 7.87. The third-order valence-electron chi connectivity index (χ3n) is 5.67. The molecule has 0 aliphatic carbocycles. The lowest BCUT2D eigenvalue weighted by molar-refractivity contribution is 0.0966. The zero-order valence-corrected chi connectivity index (χ0v) is 18.9. The summed E-state index contributed by atoms with van der Waals surface area (Å²) in [6.45, 7) is 9.74. The van der Waals surface area contributed by atoms with E-state index in [0.717, 1.165) is 19.4 Å². The van der Waals surface area contributed by atoms with Crippen molar-refractivity contribution in [3.8, 4) is 0 Å². The standard InChI is InChI=1S/C21H26N4O6S/c1-5-8-22-19(27)23(9-6-2)21(29)24(20(22)28)12-18(26)17-11-14(3)25(15(17)4)16-7-10-32(30,31)13-16/h5-6,11,16H,1-2,7-10,12-13H2,3-4H3/t16-/m1/s1. The average molecular weight is 463 g/mol. The van der Waals surface area contributed by atoms with Crippen LogP contribution >= 0.6 is 0 Å². The van der Waals surface area contributed by atoms with Crippen LogP contribution in [0.15, 0.2) is 45.8 Å². The van der Waals surface area contributed by atoms with Crippen molar-refractivity contribution in [3.05, 3.63) is 79.8 Å². The molecule has 0 bridgehead atoms. The quantitative estimate of drug-likeness (QED) is 0.408. The van der Waals surface area contributed by atoms with Gasteiger partial charge in [0.2, 0.25) is 0 Å². The Balaban J connectivity index is 2.05. The number of ketones is 1. The van der Waals surface area contributed by atoms with Crippen LogP contribution in [0.1, 0.15) is 34.2 Å². The minimum Gasteiger partial charge on any atom is -0.344 e. The first-order valence-corrected chi connectivity index (χ1v) is 11.9. The molecule has 11 heteroatoms. The van der Waals surface area contributed by atoms with Crippen molar-refractivity contribution in [2.45, 2.75) is 45.9 Å². The van der Waals surface area contributed by atoms with Gasteiger partial charge in [0.15, 0.2) is 15.6 Å². The van der Waals surface area contributed by atoms with Gasteiger partial charge in [0, 0.05) is 23.0 Å². The summed E-state index contributed by atoms with van der Waals surface area (Å²) in [5.41, 5.74) is -0.998. The fourth-order valence-electron chi connectivity index (χ4n) is 4.22. The smallest absolute Gasteiger partial charge is 0.337 e. The van der Waals surface area contributed by atoms with Crippen molar-refractivity contribution in [2.75, 3.05) is 11.5 Å². The van der Waals surface area contributed by atoms with Gasteiger partial charge in [-0.2, -0.15) is 0 Å². The molecule has 3 heterocycles. The minimum atomic E-state index is -3.12. The summed E-state index contributed by atoms with van der Waals surface area (Å²) in [6.07, 6.45) is 3.16. The maximum atomic E-state index is 13.1. The lowest BCUT2D eigenvalue weighted by atomic mass is 10.1. The molecule has 1 aliphatic heterocycles. The van der Waals surface area contributed by atoms with Gasteiger partial charge in [-0.25, -0.2) is 36.5 Å². The van der Waals surface area contributed by atoms with Gasteiger partial charge < -0.3 is 4.57 Å². The van der Waals surface area contributed by atoms with Crippen LogP contribution in [0.5, 0.6) is 0 Å². The molecule has 0 aromatic carbocycles. The normalized spacial score (nSPS) is 17.4. The first-order valence-electron chi connectivity index (χ1n) is 10.1. The number of nitrogens with zero attached hydrogens (tertiary/aromatic N) is 4. The van der Waals surface area contributed by atoms with Gasteiger partial charge in [0.1, 0.15) is 0 Å². The molecule has 0 spiro atoms. The van der Waals surface area contributed by atoms with E-state index in [2.05, 4.69) is 13.2 Å². The summed E-state index contributed by atoms with van der Waals surface area (Å²) in [6, 6.07) is 1.37. The Kier molecular flexibility index (Phi) is 6.40. The molecule has 1 fully saturated rings. The fourth-order valence-corrected chi connectivity index (χ4v) is 5.92. The SMILES string of the molecule is C=CCn1c(=O)n(CC=C)c(=O)n(CC(=O)c2cc(C)n([C@@H]3CCS(=O)(=O)C3)c2C)c1=O. The molecule has 3 rings (SSSR count). The summed E-state index contributed by atoms with van der Waals surface area (Å²) >= 11 is 0. The van der Waals surface area contributed by atoms with Crippen LogP contribution in [0.4, 0.5) is 0 Å². The number of sulfone groups is 1. The molecule has 1 atom stereocenters. The molecule has 0 amide bonds. The predicted octanol–water partition coefficient (Wildman–Crippen LogP) is 0.205. The van der Waals surface area contributed by atoms with Gasteiger partial charge in [0.05, 0.1) is 31.1 Å². The number of aryl methyl sites for hydroxylation is 1. The van der Waals surface area contributed by atoms with E-state index in [9.17, 15) is 27.6 Å². The van der Waals surface area contributed by atoms with E-state index in [1.54, 1.807) is 19.9 Å². The van der Waals surface area contributed by atoms with Gasteiger partial charge in [0.25, 0.3) is 0 Å². The zero-order chi connectivity index (χ0) is 23.8. The van der Waals surface area contributed by atoms with E-state index >= 15 is 0 Å². The molecule has 0 N–H and O–H groups in total. The number of aromatic nitrogens is 4. The van der Waals surface area contributed by atoms with Gasteiger partial charge in [-0.05, 0) is 26.3 Å². The van der Waals surface area contributed by atoms with E-state index in [-0.39, 0.29) is 30.6 Å². The van der Waals surface area contributed by atoms with Crippen molar-refractivity contribution in [2.24, 2.45) is 0 Å². The van der Waals surface area contributed by atoms with Gasteiger partial charge in [-0.1, -0.05) is 12.2 Å². The highest BCUT2D eigenvalue weighted by Crippen LogP contribution is 2.29. The number of Topliss-reactive ketones (excluding diaryl/α,β-unsaturated/α-hetero) is 1. The average Bonchev–Trinajstić information content (AvgIpc) is 3.23. The van der Waals surface area contributed by atoms with Crippen molar-refractivity contribution in [1.82, 2.24) is 18.3 Å². The Morgan fingerprint density at radius 3 is 2.03 bits per heavy atom. The Hall–Kier alpha value is -3.21. The number of allylic oxidation sites excluding steroid dienone is 2. The highest BCUT2D eigenvalue weighted by Gasteiger charge is 2.32. The Morgan fingerprint density at radius 2 is 1.56 bits per heavy atom. The summed E-state index contributed by atoms with van der Waals surface area (Å²) < 4.78 is 28.0. The van der Waals surface area contributed by atoms with Crippen molar-refractivity contribution in [3.63, 3.8) is 0 Å². The first-order chi connectivity index (χ1) is 15.0. The van der Waals surface area contributed by atoms with Gasteiger partial charge in [-0.3, -0.25) is 4.79 Å². The Labute approximate surface area is 184 Å². The lowest BCUT2D eigenvalue weighted by Crippen LogP contribution is -2.55. The van der Waals surface area contributed by atoms with Crippen LogP contribution in [-0.2, 0) is 29.5 Å². The van der Waals surface area contributed by atoms with Crippen LogP contribution in [0.2, 0.25) is 0 Å². The maximum absolute atomic E-state index is 13.1. The molecule has 0 radical (unpaired) electrons. The number of hydrogen-bond donors (Lipinski definition) is 0. The summed E-state index contributed by atoms with van der Waals surface area (Å²) in [5.74, 6) is -0.380. The molecular weight excluding hydrogens is 436 g/mol. The largest absolute Gasteiger partial charge is 0.344 e. The topological polar surface area (TPSA) is 122 Å². The third kappa shape index (κ3) is 4.12. The molecule has 1 aliphatic rings. The van der Waals surface area contributed by atoms with Gasteiger partial charge >= 0.3 is 17.1 Å². The molecular formula is C21H26N4O6S. The lowest BCUT2D eigenvalue weighted by Gasteiger charge is -2.16. The van der Waals surface area contributed by atoms with Gasteiger partial charge in [-0.15, -0.1) is 13.2 Å². The van der Waals surface area contributed by atoms with Crippen LogP contribution in [0.3, 0.4) is 0 Å². The molecule has 0 saturated carbocycles. The summed E-state index contributed by atoms with van der Waals surface area (Å²) in [5, 5.41) is 0. The first kappa shape index (κ1) is 23.5. The van der Waals surface area contributed by atoms with Crippen molar-refractivity contribution < 1.29 is 13.2 Å². The van der Waals surface area contributed by atoms with Crippen LogP contribution < -0.4 is 17.1 Å². The Morgan fingerprint density at radius 1 is 1.03 bits per heavy atom. The van der Waals surface area contributed by atoms with Crippen LogP contribution in [0.25, 0.3) is 0 Å². The van der Waals surface area contributed by atoms with E-state index < -0.39 is 39.2 Å². The fraction of sp³-hybridized carbons (Fsp3) is 0.429. The van der Waals surface area contributed by atoms with Crippen molar-refractivity contribution in [1.29, 1.82) is 0 Å². The van der Waals surface area contributed by atoms with Crippen molar-refractivity contribution >= 4 is 15.6 Å². The predicted molar refractivity (Wildman–Crippen MR) is 120 cm³/mol. The zero-order valence-electron chi connectivity index (χ0n) is 18.1. The van der Waals surface area contributed by atoms with E-state index in [0.29, 0.717) is 17.7 Å². The number of hydrogen-bond acceptors (Lipinski definition) is 6. The minimum absolute atomic E-state index is 0.00915.